The van der Waals surface area contributed by atoms with Crippen LogP contribution in [0.15, 0.2) is 17.0 Å². The molecule has 0 unspecified atom stereocenters. The number of unbranched alkanes of at least 4 members (excludes halogenated alkanes) is 2. The van der Waals surface area contributed by atoms with Gasteiger partial charge in [-0.15, -0.1) is 11.8 Å². The van der Waals surface area contributed by atoms with Crippen LogP contribution in [0, 0.1) is 0 Å². The Hall–Kier alpha value is -0.870. The fraction of sp³-hybridized carbons (Fsp3) is 0.600. The second-order valence-corrected chi connectivity index (χ2v) is 5.54. The van der Waals surface area contributed by atoms with Gasteiger partial charge >= 0.3 is 0 Å². The van der Waals surface area contributed by atoms with Crippen molar-refractivity contribution in [2.45, 2.75) is 37.6 Å². The molecule has 0 aromatic heterocycles. The molecular formula is C15H23NO2S. The highest BCUT2D eigenvalue weighted by Crippen LogP contribution is 2.36. The molecule has 0 atom stereocenters. The minimum absolute atomic E-state index is 0.648. The molecule has 19 heavy (non-hydrogen) atoms. The molecular weight excluding hydrogens is 258 g/mol. The monoisotopic (exact) mass is 281 g/mol. The molecule has 1 aromatic carbocycles. The fourth-order valence-electron chi connectivity index (χ4n) is 2.16. The quantitative estimate of drug-likeness (QED) is 0.612. The summed E-state index contributed by atoms with van der Waals surface area (Å²) >= 11 is 1.76. The standard InChI is InChI=1S/C15H23NO2S/c1-3-4-5-6-16-11-12-9-13-14(10-15(12)19-2)18-8-7-17-13/h9-10,16H,3-8,11H2,1-2H3. The highest BCUT2D eigenvalue weighted by molar-refractivity contribution is 7.98. The molecule has 1 aliphatic heterocycles. The molecule has 0 spiro atoms. The van der Waals surface area contributed by atoms with E-state index in [9.17, 15) is 0 Å². The molecule has 0 radical (unpaired) electrons. The normalized spacial score (nSPS) is 13.6. The van der Waals surface area contributed by atoms with Crippen LogP contribution >= 0.6 is 11.8 Å². The first-order valence-corrected chi connectivity index (χ1v) is 8.25. The van der Waals surface area contributed by atoms with E-state index in [4.69, 9.17) is 9.47 Å². The van der Waals surface area contributed by atoms with Gasteiger partial charge in [-0.2, -0.15) is 0 Å². The lowest BCUT2D eigenvalue weighted by molar-refractivity contribution is 0.171. The minimum Gasteiger partial charge on any atom is -0.486 e. The van der Waals surface area contributed by atoms with Gasteiger partial charge in [-0.05, 0) is 36.9 Å². The zero-order valence-electron chi connectivity index (χ0n) is 11.8. The highest BCUT2D eigenvalue weighted by atomic mass is 32.2. The van der Waals surface area contributed by atoms with Crippen molar-refractivity contribution in [2.24, 2.45) is 0 Å². The van der Waals surface area contributed by atoms with Crippen molar-refractivity contribution in [2.75, 3.05) is 26.0 Å². The van der Waals surface area contributed by atoms with Crippen LogP contribution < -0.4 is 14.8 Å². The lowest BCUT2D eigenvalue weighted by Crippen LogP contribution is -2.18. The highest BCUT2D eigenvalue weighted by Gasteiger charge is 2.15. The smallest absolute Gasteiger partial charge is 0.162 e. The number of fused-ring (bicyclic) bond motifs is 1. The summed E-state index contributed by atoms with van der Waals surface area (Å²) in [5.41, 5.74) is 1.30. The first-order valence-electron chi connectivity index (χ1n) is 7.02. The summed E-state index contributed by atoms with van der Waals surface area (Å²) in [6.07, 6.45) is 5.91. The van der Waals surface area contributed by atoms with Gasteiger partial charge in [0.15, 0.2) is 11.5 Å². The Morgan fingerprint density at radius 1 is 1.16 bits per heavy atom. The molecule has 0 saturated carbocycles. The number of hydrogen-bond acceptors (Lipinski definition) is 4. The van der Waals surface area contributed by atoms with Crippen LogP contribution in [0.1, 0.15) is 31.7 Å². The molecule has 0 fully saturated rings. The van der Waals surface area contributed by atoms with Crippen molar-refractivity contribution in [1.82, 2.24) is 5.32 Å². The third-order valence-corrected chi connectivity index (χ3v) is 4.04. The molecule has 1 aliphatic rings. The first-order chi connectivity index (χ1) is 9.35. The van der Waals surface area contributed by atoms with Crippen LogP contribution in [0.4, 0.5) is 0 Å². The molecule has 0 aliphatic carbocycles. The maximum absolute atomic E-state index is 5.65. The summed E-state index contributed by atoms with van der Waals surface area (Å²) in [4.78, 5) is 1.27. The number of ether oxygens (including phenoxy) is 2. The Morgan fingerprint density at radius 3 is 2.58 bits per heavy atom. The number of rotatable bonds is 7. The Morgan fingerprint density at radius 2 is 1.89 bits per heavy atom. The van der Waals surface area contributed by atoms with E-state index in [2.05, 4.69) is 30.6 Å². The Labute approximate surface area is 120 Å². The van der Waals surface area contributed by atoms with Gasteiger partial charge in [0, 0.05) is 11.4 Å². The third-order valence-electron chi connectivity index (χ3n) is 3.22. The SMILES string of the molecule is CCCCCNCc1cc2c(cc1SC)OCCO2. The Bertz CT molecular complexity index is 409. The van der Waals surface area contributed by atoms with Crippen LogP contribution in [-0.2, 0) is 6.54 Å². The lowest BCUT2D eigenvalue weighted by atomic mass is 10.2. The van der Waals surface area contributed by atoms with Crippen LogP contribution in [0.5, 0.6) is 11.5 Å². The number of thioether (sulfide) groups is 1. The van der Waals surface area contributed by atoms with Gasteiger partial charge in [0.1, 0.15) is 13.2 Å². The maximum atomic E-state index is 5.65. The summed E-state index contributed by atoms with van der Waals surface area (Å²) in [5, 5.41) is 3.51. The van der Waals surface area contributed by atoms with Gasteiger partial charge in [-0.25, -0.2) is 0 Å². The number of nitrogens with one attached hydrogen (secondary N) is 1. The third kappa shape index (κ3) is 4.05. The van der Waals surface area contributed by atoms with E-state index in [1.165, 1.54) is 29.7 Å². The summed E-state index contributed by atoms with van der Waals surface area (Å²) in [6, 6.07) is 4.22. The van der Waals surface area contributed by atoms with Gasteiger partial charge < -0.3 is 14.8 Å². The van der Waals surface area contributed by atoms with Gasteiger partial charge in [0.05, 0.1) is 0 Å². The number of hydrogen-bond donors (Lipinski definition) is 1. The number of benzene rings is 1. The zero-order chi connectivity index (χ0) is 13.5. The Balaban J connectivity index is 1.98. The molecule has 4 heteroatoms. The lowest BCUT2D eigenvalue weighted by Gasteiger charge is -2.21. The van der Waals surface area contributed by atoms with Crippen molar-refractivity contribution in [1.29, 1.82) is 0 Å². The van der Waals surface area contributed by atoms with Gasteiger partial charge in [-0.3, -0.25) is 0 Å². The average Bonchev–Trinajstić information content (AvgIpc) is 2.46. The van der Waals surface area contributed by atoms with Crippen LogP contribution in [-0.4, -0.2) is 26.0 Å². The van der Waals surface area contributed by atoms with Crippen LogP contribution in [0.3, 0.4) is 0 Å². The Kier molecular flexibility index (Phi) is 5.86. The second kappa shape index (κ2) is 7.65. The van der Waals surface area contributed by atoms with Crippen molar-refractivity contribution in [3.05, 3.63) is 17.7 Å². The molecule has 0 bridgehead atoms. The first kappa shape index (κ1) is 14.5. The van der Waals surface area contributed by atoms with Gasteiger partial charge in [0.2, 0.25) is 0 Å². The molecule has 106 valence electrons. The van der Waals surface area contributed by atoms with E-state index < -0.39 is 0 Å². The molecule has 0 saturated heterocycles. The van der Waals surface area contributed by atoms with Gasteiger partial charge in [0.25, 0.3) is 0 Å². The van der Waals surface area contributed by atoms with Crippen molar-refractivity contribution in [3.8, 4) is 11.5 Å². The van der Waals surface area contributed by atoms with E-state index in [0.717, 1.165) is 24.6 Å². The minimum atomic E-state index is 0.648. The predicted molar refractivity (Wildman–Crippen MR) is 80.4 cm³/mol. The zero-order valence-corrected chi connectivity index (χ0v) is 12.6. The van der Waals surface area contributed by atoms with Crippen LogP contribution in [0.2, 0.25) is 0 Å². The molecule has 2 rings (SSSR count). The molecule has 1 aromatic rings. The van der Waals surface area contributed by atoms with E-state index in [0.29, 0.717) is 13.2 Å². The largest absolute Gasteiger partial charge is 0.486 e. The van der Waals surface area contributed by atoms with E-state index >= 15 is 0 Å². The van der Waals surface area contributed by atoms with E-state index in [1.807, 2.05) is 0 Å². The molecule has 3 nitrogen and oxygen atoms in total. The average molecular weight is 281 g/mol. The van der Waals surface area contributed by atoms with E-state index in [1.54, 1.807) is 11.8 Å². The maximum Gasteiger partial charge on any atom is 0.162 e. The molecule has 1 N–H and O–H groups in total. The van der Waals surface area contributed by atoms with Crippen LogP contribution in [0.25, 0.3) is 0 Å². The van der Waals surface area contributed by atoms with Crippen molar-refractivity contribution in [3.63, 3.8) is 0 Å². The summed E-state index contributed by atoms with van der Waals surface area (Å²) < 4.78 is 11.3. The van der Waals surface area contributed by atoms with Crippen molar-refractivity contribution >= 4 is 11.8 Å². The van der Waals surface area contributed by atoms with E-state index in [-0.39, 0.29) is 0 Å². The molecule has 0 amide bonds. The van der Waals surface area contributed by atoms with Crippen molar-refractivity contribution < 1.29 is 9.47 Å². The topological polar surface area (TPSA) is 30.5 Å². The summed E-state index contributed by atoms with van der Waals surface area (Å²) in [5.74, 6) is 1.76. The molecule has 1 heterocycles. The second-order valence-electron chi connectivity index (χ2n) is 4.69. The summed E-state index contributed by atoms with van der Waals surface area (Å²) in [7, 11) is 0. The predicted octanol–water partition coefficient (Wildman–Crippen LogP) is 3.46. The summed E-state index contributed by atoms with van der Waals surface area (Å²) in [6.45, 7) is 5.50. The fourth-order valence-corrected chi connectivity index (χ4v) is 2.78. The van der Waals surface area contributed by atoms with Gasteiger partial charge in [-0.1, -0.05) is 19.8 Å².